The van der Waals surface area contributed by atoms with Gasteiger partial charge in [0.15, 0.2) is 0 Å². The quantitative estimate of drug-likeness (QED) is 0.419. The van der Waals surface area contributed by atoms with Crippen LogP contribution in [0.3, 0.4) is 0 Å². The molecule has 1 aliphatic heterocycles. The maximum Gasteiger partial charge on any atom is 0.230 e. The molecule has 0 aromatic rings. The van der Waals surface area contributed by atoms with Gasteiger partial charge in [-0.15, -0.1) is 0 Å². The van der Waals surface area contributed by atoms with Crippen LogP contribution in [-0.4, -0.2) is 41.4 Å². The first-order chi connectivity index (χ1) is 5.29. The van der Waals surface area contributed by atoms with Gasteiger partial charge in [0, 0.05) is 41.4 Å². The molecular weight excluding hydrogens is 165 g/mol. The van der Waals surface area contributed by atoms with Gasteiger partial charge in [0.05, 0.1) is 0 Å². The van der Waals surface area contributed by atoms with Crippen molar-refractivity contribution in [3.05, 3.63) is 0 Å². The second kappa shape index (κ2) is 3.90. The second-order valence-corrected chi connectivity index (χ2v) is 3.35. The Bertz CT molecular complexity index is 195. The molecule has 2 rings (SSSR count). The molecule has 3 nitrogen and oxygen atoms in total. The van der Waals surface area contributed by atoms with E-state index in [0.29, 0.717) is 0 Å². The summed E-state index contributed by atoms with van der Waals surface area (Å²) in [7, 11) is 0. The maximum absolute atomic E-state index is 11.1. The predicted octanol–water partition coefficient (Wildman–Crippen LogP) is 0.0684. The molecule has 0 spiro atoms. The number of hydrogen-bond donors (Lipinski definition) is 1. The molecule has 1 saturated heterocycles. The van der Waals surface area contributed by atoms with Gasteiger partial charge in [0.2, 0.25) is 11.8 Å². The third-order valence-electron chi connectivity index (χ3n) is 2.69. The summed E-state index contributed by atoms with van der Waals surface area (Å²) in [6.45, 7) is 0. The largest absolute Gasteiger partial charge is 0.296 e. The number of amides is 2. The number of rotatable bonds is 0. The summed E-state index contributed by atoms with van der Waals surface area (Å²) in [4.78, 5) is 22.2. The van der Waals surface area contributed by atoms with Crippen molar-refractivity contribution < 1.29 is 9.59 Å². The summed E-state index contributed by atoms with van der Waals surface area (Å²) in [5, 5.41) is 2.38. The van der Waals surface area contributed by atoms with Crippen LogP contribution in [0.1, 0.15) is 25.7 Å². The van der Waals surface area contributed by atoms with Gasteiger partial charge < -0.3 is 0 Å². The minimum Gasteiger partial charge on any atom is -0.296 e. The first-order valence-corrected chi connectivity index (χ1v) is 4.14. The normalized spacial score (nSPS) is 33.7. The topological polar surface area (TPSA) is 46.2 Å². The van der Waals surface area contributed by atoms with E-state index < -0.39 is 0 Å². The summed E-state index contributed by atoms with van der Waals surface area (Å²) in [6, 6.07) is 0. The van der Waals surface area contributed by atoms with Gasteiger partial charge in [-0.3, -0.25) is 14.9 Å². The molecule has 2 atom stereocenters. The van der Waals surface area contributed by atoms with Crippen molar-refractivity contribution >= 4 is 41.4 Å². The smallest absolute Gasteiger partial charge is 0.230 e. The molecule has 1 radical (unpaired) electrons. The zero-order chi connectivity index (χ0) is 7.84. The Labute approximate surface area is 93.6 Å². The maximum atomic E-state index is 11.1. The van der Waals surface area contributed by atoms with Gasteiger partial charge in [-0.25, -0.2) is 0 Å². The average Bonchev–Trinajstić information content (AvgIpc) is 2.30. The Balaban J connectivity index is 0.000000720. The fourth-order valence-electron chi connectivity index (χ4n) is 2.07. The van der Waals surface area contributed by atoms with Crippen LogP contribution < -0.4 is 5.32 Å². The molecular formula is C8H11NNaO2. The van der Waals surface area contributed by atoms with Gasteiger partial charge in [0.25, 0.3) is 0 Å². The predicted molar refractivity (Wildman–Crippen MR) is 44.4 cm³/mol. The van der Waals surface area contributed by atoms with Crippen molar-refractivity contribution in [3.63, 3.8) is 0 Å². The van der Waals surface area contributed by atoms with Crippen LogP contribution in [-0.2, 0) is 9.59 Å². The molecule has 2 fully saturated rings. The van der Waals surface area contributed by atoms with Crippen molar-refractivity contribution in [1.29, 1.82) is 0 Å². The van der Waals surface area contributed by atoms with Gasteiger partial charge in [0.1, 0.15) is 0 Å². The Morgan fingerprint density at radius 3 is 1.83 bits per heavy atom. The monoisotopic (exact) mass is 176 g/mol. The molecule has 2 aliphatic rings. The van der Waals surface area contributed by atoms with Crippen LogP contribution >= 0.6 is 0 Å². The summed E-state index contributed by atoms with van der Waals surface area (Å²) < 4.78 is 0. The summed E-state index contributed by atoms with van der Waals surface area (Å²) in [6.07, 6.45) is 4.01. The van der Waals surface area contributed by atoms with E-state index in [1.165, 1.54) is 0 Å². The van der Waals surface area contributed by atoms with Crippen LogP contribution in [0.2, 0.25) is 0 Å². The molecule has 1 saturated carbocycles. The van der Waals surface area contributed by atoms with Crippen molar-refractivity contribution in [2.45, 2.75) is 25.7 Å². The Morgan fingerprint density at radius 2 is 1.42 bits per heavy atom. The fraction of sp³-hybridized carbons (Fsp3) is 0.750. The number of nitrogens with one attached hydrogen (secondary N) is 1. The van der Waals surface area contributed by atoms with E-state index in [0.717, 1.165) is 25.7 Å². The van der Waals surface area contributed by atoms with Crippen molar-refractivity contribution in [2.75, 3.05) is 0 Å². The molecule has 4 heteroatoms. The van der Waals surface area contributed by atoms with E-state index in [-0.39, 0.29) is 53.2 Å². The Morgan fingerprint density at radius 1 is 1.00 bits per heavy atom. The minimum absolute atomic E-state index is 0. The number of imide groups is 1. The van der Waals surface area contributed by atoms with Crippen LogP contribution in [0, 0.1) is 11.8 Å². The van der Waals surface area contributed by atoms with Crippen LogP contribution in [0.15, 0.2) is 0 Å². The molecule has 1 heterocycles. The van der Waals surface area contributed by atoms with E-state index in [2.05, 4.69) is 5.32 Å². The van der Waals surface area contributed by atoms with Gasteiger partial charge >= 0.3 is 0 Å². The Hall–Kier alpha value is 0.140. The fourth-order valence-corrected chi connectivity index (χ4v) is 2.07. The second-order valence-electron chi connectivity index (χ2n) is 3.35. The molecule has 1 N–H and O–H groups in total. The number of carbonyl (C=O) groups excluding carboxylic acids is 2. The van der Waals surface area contributed by atoms with Crippen LogP contribution in [0.5, 0.6) is 0 Å². The average molecular weight is 176 g/mol. The van der Waals surface area contributed by atoms with Crippen LogP contribution in [0.25, 0.3) is 0 Å². The molecule has 12 heavy (non-hydrogen) atoms. The van der Waals surface area contributed by atoms with Gasteiger partial charge in [-0.2, -0.15) is 0 Å². The summed E-state index contributed by atoms with van der Waals surface area (Å²) in [5.41, 5.74) is 0. The van der Waals surface area contributed by atoms with Crippen molar-refractivity contribution in [3.8, 4) is 0 Å². The molecule has 61 valence electrons. The van der Waals surface area contributed by atoms with E-state index in [1.807, 2.05) is 0 Å². The molecule has 0 aromatic carbocycles. The molecule has 0 aromatic heterocycles. The van der Waals surface area contributed by atoms with Gasteiger partial charge in [-0.05, 0) is 12.8 Å². The van der Waals surface area contributed by atoms with Crippen molar-refractivity contribution in [1.82, 2.24) is 5.32 Å². The molecule has 0 bridgehead atoms. The summed E-state index contributed by atoms with van der Waals surface area (Å²) in [5.74, 6) is -0.0631. The van der Waals surface area contributed by atoms with Gasteiger partial charge in [-0.1, -0.05) is 12.8 Å². The number of fused-ring (bicyclic) bond motifs is 1. The van der Waals surface area contributed by atoms with Crippen LogP contribution in [0.4, 0.5) is 0 Å². The third kappa shape index (κ3) is 1.58. The van der Waals surface area contributed by atoms with E-state index in [9.17, 15) is 9.59 Å². The first-order valence-electron chi connectivity index (χ1n) is 4.14. The first kappa shape index (κ1) is 10.2. The number of hydrogen-bond acceptors (Lipinski definition) is 2. The molecule has 2 amide bonds. The third-order valence-corrected chi connectivity index (χ3v) is 2.69. The Kier molecular flexibility index (Phi) is 3.32. The van der Waals surface area contributed by atoms with E-state index in [1.54, 1.807) is 0 Å². The van der Waals surface area contributed by atoms with Crippen molar-refractivity contribution in [2.24, 2.45) is 11.8 Å². The standard InChI is InChI=1S/C8H11NO2.Na/c10-7-5-3-1-2-4-6(5)8(11)9-7;/h5-6H,1-4H2,(H,9,10,11);. The summed E-state index contributed by atoms with van der Waals surface area (Å²) >= 11 is 0. The zero-order valence-electron chi connectivity index (χ0n) is 7.30. The zero-order valence-corrected chi connectivity index (χ0v) is 9.30. The molecule has 2 unspecified atom stereocenters. The minimum atomic E-state index is -0.0419. The van der Waals surface area contributed by atoms with E-state index >= 15 is 0 Å². The SMILES string of the molecule is O=C1NC(=O)C2CCCCC12.[Na]. The molecule has 1 aliphatic carbocycles. The van der Waals surface area contributed by atoms with E-state index in [4.69, 9.17) is 0 Å². The number of carbonyl (C=O) groups is 2.